The maximum atomic E-state index is 12.0. The molecule has 0 aromatic rings. The van der Waals surface area contributed by atoms with Crippen LogP contribution in [0.15, 0.2) is 21.2 Å². The van der Waals surface area contributed by atoms with E-state index in [9.17, 15) is 22.8 Å². The Hall–Kier alpha value is -1.07. The standard InChI is InChI=1S/C8HBrF3NO2S/c1-13-7(16-8(10,11)12)5-4(14)2-3(9)6(5)15/h2H/b7-5+. The summed E-state index contributed by atoms with van der Waals surface area (Å²) in [6, 6.07) is 0. The molecule has 0 saturated heterocycles. The van der Waals surface area contributed by atoms with E-state index < -0.39 is 39.4 Å². The van der Waals surface area contributed by atoms with Gasteiger partial charge in [0.1, 0.15) is 0 Å². The van der Waals surface area contributed by atoms with Crippen molar-refractivity contribution in [3.05, 3.63) is 32.6 Å². The van der Waals surface area contributed by atoms with Crippen LogP contribution in [0.2, 0.25) is 0 Å². The molecule has 8 heteroatoms. The van der Waals surface area contributed by atoms with Gasteiger partial charge in [-0.05, 0) is 27.7 Å². The van der Waals surface area contributed by atoms with Gasteiger partial charge in [0.15, 0.2) is 11.6 Å². The number of allylic oxidation sites excluding steroid dienone is 3. The van der Waals surface area contributed by atoms with Crippen molar-refractivity contribution in [2.75, 3.05) is 0 Å². The lowest BCUT2D eigenvalue weighted by Crippen LogP contribution is -2.07. The fourth-order valence-corrected chi connectivity index (χ4v) is 1.89. The van der Waals surface area contributed by atoms with Crippen LogP contribution in [0.5, 0.6) is 0 Å². The Morgan fingerprint density at radius 1 is 1.44 bits per heavy atom. The number of thioether (sulfide) groups is 1. The fourth-order valence-electron chi connectivity index (χ4n) is 0.926. The highest BCUT2D eigenvalue weighted by atomic mass is 79.9. The summed E-state index contributed by atoms with van der Waals surface area (Å²) in [5.41, 5.74) is -5.44. The highest BCUT2D eigenvalue weighted by Crippen LogP contribution is 2.40. The Morgan fingerprint density at radius 3 is 2.31 bits per heavy atom. The Balaban J connectivity index is 3.19. The third-order valence-corrected chi connectivity index (χ3v) is 2.79. The number of halogens is 4. The molecular weight excluding hydrogens is 311 g/mol. The molecule has 0 spiro atoms. The molecule has 0 aromatic carbocycles. The molecule has 0 fully saturated rings. The zero-order valence-corrected chi connectivity index (χ0v) is 9.66. The normalized spacial score (nSPS) is 19.6. The summed E-state index contributed by atoms with van der Waals surface area (Å²) < 4.78 is 36.0. The van der Waals surface area contributed by atoms with E-state index in [4.69, 9.17) is 6.57 Å². The molecule has 0 heterocycles. The van der Waals surface area contributed by atoms with Gasteiger partial charge in [-0.25, -0.2) is 4.85 Å². The maximum Gasteiger partial charge on any atom is 0.435 e. The van der Waals surface area contributed by atoms with Gasteiger partial charge >= 0.3 is 5.51 Å². The molecule has 0 amide bonds. The third kappa shape index (κ3) is 2.74. The van der Waals surface area contributed by atoms with Crippen molar-refractivity contribution in [3.8, 4) is 0 Å². The third-order valence-electron chi connectivity index (χ3n) is 1.48. The summed E-state index contributed by atoms with van der Waals surface area (Å²) in [7, 11) is 0. The van der Waals surface area contributed by atoms with Crippen molar-refractivity contribution in [2.24, 2.45) is 0 Å². The van der Waals surface area contributed by atoms with Crippen LogP contribution in [0.4, 0.5) is 13.2 Å². The second-order valence-electron chi connectivity index (χ2n) is 2.53. The van der Waals surface area contributed by atoms with Crippen LogP contribution in [-0.4, -0.2) is 17.1 Å². The van der Waals surface area contributed by atoms with Crippen molar-refractivity contribution in [1.29, 1.82) is 0 Å². The van der Waals surface area contributed by atoms with E-state index in [1.54, 1.807) is 0 Å². The first kappa shape index (κ1) is 13.0. The van der Waals surface area contributed by atoms with E-state index >= 15 is 0 Å². The van der Waals surface area contributed by atoms with Crippen LogP contribution in [0.25, 0.3) is 4.85 Å². The number of ketones is 2. The highest BCUT2D eigenvalue weighted by Gasteiger charge is 2.37. The lowest BCUT2D eigenvalue weighted by molar-refractivity contribution is -0.115. The van der Waals surface area contributed by atoms with Gasteiger partial charge in [-0.1, -0.05) is 0 Å². The van der Waals surface area contributed by atoms with E-state index in [0.717, 1.165) is 6.08 Å². The lowest BCUT2D eigenvalue weighted by Gasteiger charge is -2.05. The summed E-state index contributed by atoms with van der Waals surface area (Å²) in [5.74, 6) is -1.78. The number of alkyl halides is 3. The van der Waals surface area contributed by atoms with Crippen molar-refractivity contribution >= 4 is 39.3 Å². The van der Waals surface area contributed by atoms with Gasteiger partial charge in [-0.2, -0.15) is 13.2 Å². The summed E-state index contributed by atoms with van der Waals surface area (Å²) in [5, 5.41) is -0.951. The molecule has 84 valence electrons. The van der Waals surface area contributed by atoms with Gasteiger partial charge in [0.2, 0.25) is 5.03 Å². The van der Waals surface area contributed by atoms with Crippen molar-refractivity contribution in [2.45, 2.75) is 5.51 Å². The Bertz CT molecular complexity index is 473. The SMILES string of the molecule is [C-]#[N+]/C(SC(F)(F)F)=C1/C(=O)C=C(Br)C1=O. The Morgan fingerprint density at radius 2 is 2.00 bits per heavy atom. The van der Waals surface area contributed by atoms with Gasteiger partial charge in [0.05, 0.1) is 16.6 Å². The number of nitrogens with zero attached hydrogens (tertiary/aromatic N) is 1. The molecule has 0 saturated carbocycles. The van der Waals surface area contributed by atoms with E-state index in [2.05, 4.69) is 20.8 Å². The number of carbonyl (C=O) groups excluding carboxylic acids is 2. The molecule has 0 unspecified atom stereocenters. The average molecular weight is 312 g/mol. The zero-order chi connectivity index (χ0) is 12.5. The van der Waals surface area contributed by atoms with Crippen LogP contribution in [0.3, 0.4) is 0 Å². The average Bonchev–Trinajstić information content (AvgIpc) is 2.37. The van der Waals surface area contributed by atoms with Gasteiger partial charge < -0.3 is 0 Å². The van der Waals surface area contributed by atoms with E-state index in [-0.39, 0.29) is 4.48 Å². The molecule has 0 N–H and O–H groups in total. The molecule has 0 atom stereocenters. The van der Waals surface area contributed by atoms with Crippen LogP contribution in [0.1, 0.15) is 0 Å². The van der Waals surface area contributed by atoms with Crippen LogP contribution < -0.4 is 0 Å². The molecule has 1 aliphatic carbocycles. The minimum Gasteiger partial charge on any atom is -0.291 e. The molecule has 0 radical (unpaired) electrons. The number of Topliss-reactive ketones (excluding diaryl/α,β-unsaturated/α-hetero) is 1. The number of carbonyl (C=O) groups is 2. The Kier molecular flexibility index (Phi) is 3.60. The summed E-state index contributed by atoms with van der Waals surface area (Å²) in [6.45, 7) is 6.55. The van der Waals surface area contributed by atoms with Crippen molar-refractivity contribution < 1.29 is 22.8 Å². The molecule has 0 aliphatic heterocycles. The van der Waals surface area contributed by atoms with Crippen LogP contribution in [0, 0.1) is 6.57 Å². The zero-order valence-electron chi connectivity index (χ0n) is 7.26. The first-order chi connectivity index (χ1) is 7.26. The number of hydrogen-bond acceptors (Lipinski definition) is 3. The smallest absolute Gasteiger partial charge is 0.291 e. The topological polar surface area (TPSA) is 38.5 Å². The number of rotatable bonds is 1. The predicted octanol–water partition coefficient (Wildman–Crippen LogP) is 2.80. The molecule has 0 aromatic heterocycles. The minimum atomic E-state index is -4.71. The summed E-state index contributed by atoms with van der Waals surface area (Å²) in [6.07, 6.45) is 0.847. The summed E-state index contributed by atoms with van der Waals surface area (Å²) >= 11 is 1.96. The first-order valence-electron chi connectivity index (χ1n) is 3.60. The lowest BCUT2D eigenvalue weighted by atomic mass is 10.2. The second-order valence-corrected chi connectivity index (χ2v) is 4.43. The van der Waals surface area contributed by atoms with Gasteiger partial charge in [-0.3, -0.25) is 9.59 Å². The second kappa shape index (κ2) is 4.43. The minimum absolute atomic E-state index is 0.142. The van der Waals surface area contributed by atoms with Crippen LogP contribution in [-0.2, 0) is 9.59 Å². The molecule has 0 bridgehead atoms. The quantitative estimate of drug-likeness (QED) is 0.424. The fraction of sp³-hybridized carbons (Fsp3) is 0.125. The maximum absolute atomic E-state index is 12.0. The van der Waals surface area contributed by atoms with Crippen molar-refractivity contribution in [3.63, 3.8) is 0 Å². The van der Waals surface area contributed by atoms with Crippen LogP contribution >= 0.6 is 27.7 Å². The largest absolute Gasteiger partial charge is 0.435 e. The van der Waals surface area contributed by atoms with E-state index in [0.29, 0.717) is 0 Å². The predicted molar refractivity (Wildman–Crippen MR) is 54.3 cm³/mol. The monoisotopic (exact) mass is 311 g/mol. The number of hydrogen-bond donors (Lipinski definition) is 0. The molecule has 3 nitrogen and oxygen atoms in total. The molecular formula is C8HBrF3NO2S. The molecule has 1 rings (SSSR count). The first-order valence-corrected chi connectivity index (χ1v) is 5.21. The van der Waals surface area contributed by atoms with Gasteiger partial charge in [-0.15, -0.1) is 0 Å². The summed E-state index contributed by atoms with van der Waals surface area (Å²) in [4.78, 5) is 25.0. The van der Waals surface area contributed by atoms with Gasteiger partial charge in [0, 0.05) is 6.08 Å². The van der Waals surface area contributed by atoms with E-state index in [1.807, 2.05) is 0 Å². The van der Waals surface area contributed by atoms with Crippen molar-refractivity contribution in [1.82, 2.24) is 0 Å². The molecule has 16 heavy (non-hydrogen) atoms. The van der Waals surface area contributed by atoms with E-state index in [1.165, 1.54) is 0 Å². The van der Waals surface area contributed by atoms with Gasteiger partial charge in [0.25, 0.3) is 0 Å². The molecule has 1 aliphatic rings. The Labute approximate surface area is 100 Å². The highest BCUT2D eigenvalue weighted by molar-refractivity contribution is 9.12.